The molecule has 7 nitrogen and oxygen atoms in total. The Labute approximate surface area is 180 Å². The Kier molecular flexibility index (Phi) is 6.95. The van der Waals surface area contributed by atoms with E-state index < -0.39 is 0 Å². The van der Waals surface area contributed by atoms with E-state index in [0.29, 0.717) is 42.2 Å². The van der Waals surface area contributed by atoms with Crippen LogP contribution in [-0.2, 0) is 17.7 Å². The number of hydrogen-bond acceptors (Lipinski definition) is 6. The zero-order chi connectivity index (χ0) is 21.7. The van der Waals surface area contributed by atoms with Crippen LogP contribution >= 0.6 is 11.3 Å². The Hall–Kier alpha value is -3.05. The smallest absolute Gasteiger partial charge is 0.410 e. The molecule has 30 heavy (non-hydrogen) atoms. The first-order valence-electron chi connectivity index (χ1n) is 10.1. The van der Waals surface area contributed by atoms with Crippen LogP contribution < -0.4 is 10.2 Å². The molecule has 3 rings (SSSR count). The summed E-state index contributed by atoms with van der Waals surface area (Å²) in [6.07, 6.45) is 0.219. The second-order valence-corrected chi connectivity index (χ2v) is 7.97. The zero-order valence-corrected chi connectivity index (χ0v) is 18.3. The lowest BCUT2D eigenvalue weighted by Crippen LogP contribution is -2.35. The minimum atomic E-state index is -0.353. The molecule has 0 radical (unpaired) electrons. The fourth-order valence-electron chi connectivity index (χ4n) is 3.57. The van der Waals surface area contributed by atoms with Crippen molar-refractivity contribution in [3.63, 3.8) is 0 Å². The van der Waals surface area contributed by atoms with Crippen LogP contribution in [0.1, 0.15) is 47.1 Å². The molecule has 0 bridgehead atoms. The molecule has 1 N–H and O–H groups in total. The normalized spacial score (nSPS) is 12.7. The van der Waals surface area contributed by atoms with Crippen molar-refractivity contribution in [1.82, 2.24) is 4.90 Å². The predicted octanol–water partition coefficient (Wildman–Crippen LogP) is 4.23. The number of nitrogens with one attached hydrogen (secondary N) is 1. The van der Waals surface area contributed by atoms with Gasteiger partial charge in [0.2, 0.25) is 0 Å². The molecule has 158 valence electrons. The summed E-state index contributed by atoms with van der Waals surface area (Å²) in [7, 11) is 0. The fourth-order valence-corrected chi connectivity index (χ4v) is 4.78. The highest BCUT2D eigenvalue weighted by Gasteiger charge is 2.28. The highest BCUT2D eigenvalue weighted by atomic mass is 32.1. The summed E-state index contributed by atoms with van der Waals surface area (Å²) in [5.74, 6) is -0.251. The number of fused-ring (bicyclic) bond motifs is 1. The predicted molar refractivity (Wildman–Crippen MR) is 118 cm³/mol. The number of ether oxygens (including phenoxy) is 1. The molecule has 0 unspecified atom stereocenters. The minimum Gasteiger partial charge on any atom is -0.450 e. The SMILES string of the molecule is CCOC(=O)N1CCc2c(sc(NC(=O)c3ccc(N(CC)CC)cc3)c2C#N)C1. The average molecular weight is 427 g/mol. The molecule has 1 aromatic heterocycles. The second kappa shape index (κ2) is 9.63. The number of thiophene rings is 1. The Bertz CT molecular complexity index is 958. The molecule has 0 saturated heterocycles. The van der Waals surface area contributed by atoms with Crippen LogP contribution in [0.15, 0.2) is 24.3 Å². The van der Waals surface area contributed by atoms with Crippen molar-refractivity contribution in [2.24, 2.45) is 0 Å². The van der Waals surface area contributed by atoms with Crippen molar-refractivity contribution in [3.05, 3.63) is 45.8 Å². The molecular weight excluding hydrogens is 400 g/mol. The van der Waals surface area contributed by atoms with E-state index in [1.807, 2.05) is 12.1 Å². The van der Waals surface area contributed by atoms with E-state index in [2.05, 4.69) is 30.1 Å². The molecule has 2 aromatic rings. The lowest BCUT2D eigenvalue weighted by atomic mass is 10.0. The van der Waals surface area contributed by atoms with E-state index in [9.17, 15) is 14.9 Å². The molecule has 0 aliphatic carbocycles. The van der Waals surface area contributed by atoms with Crippen LogP contribution in [0, 0.1) is 11.3 Å². The van der Waals surface area contributed by atoms with E-state index in [0.717, 1.165) is 29.2 Å². The molecule has 0 spiro atoms. The van der Waals surface area contributed by atoms with Crippen LogP contribution in [0.3, 0.4) is 0 Å². The van der Waals surface area contributed by atoms with E-state index in [-0.39, 0.29) is 12.0 Å². The molecule has 0 fully saturated rings. The van der Waals surface area contributed by atoms with Gasteiger partial charge in [0.1, 0.15) is 11.1 Å². The highest BCUT2D eigenvalue weighted by molar-refractivity contribution is 7.16. The first-order valence-corrected chi connectivity index (χ1v) is 11.0. The number of nitriles is 1. The number of amides is 2. The van der Waals surface area contributed by atoms with E-state index in [1.165, 1.54) is 11.3 Å². The van der Waals surface area contributed by atoms with Crippen molar-refractivity contribution in [1.29, 1.82) is 5.26 Å². The van der Waals surface area contributed by atoms with Crippen LogP contribution in [0.25, 0.3) is 0 Å². The summed E-state index contributed by atoms with van der Waals surface area (Å²) in [5.41, 5.74) is 3.01. The topological polar surface area (TPSA) is 85.7 Å². The Morgan fingerprint density at radius 1 is 1.23 bits per heavy atom. The third-order valence-electron chi connectivity index (χ3n) is 5.18. The number of benzene rings is 1. The van der Waals surface area contributed by atoms with Crippen LogP contribution in [0.4, 0.5) is 15.5 Å². The van der Waals surface area contributed by atoms with Gasteiger partial charge in [0, 0.05) is 35.8 Å². The quantitative estimate of drug-likeness (QED) is 0.747. The van der Waals surface area contributed by atoms with Gasteiger partial charge in [-0.3, -0.25) is 4.79 Å². The second-order valence-electron chi connectivity index (χ2n) is 6.86. The van der Waals surface area contributed by atoms with Gasteiger partial charge >= 0.3 is 6.09 Å². The summed E-state index contributed by atoms with van der Waals surface area (Å²) in [4.78, 5) is 29.5. The van der Waals surface area contributed by atoms with Crippen LogP contribution in [0.5, 0.6) is 0 Å². The number of nitrogens with zero attached hydrogens (tertiary/aromatic N) is 3. The van der Waals surface area contributed by atoms with Crippen molar-refractivity contribution < 1.29 is 14.3 Å². The van der Waals surface area contributed by atoms with Gasteiger partial charge in [-0.05, 0) is 57.0 Å². The molecule has 0 saturated carbocycles. The van der Waals surface area contributed by atoms with E-state index in [4.69, 9.17) is 4.74 Å². The summed E-state index contributed by atoms with van der Waals surface area (Å²) in [5, 5.41) is 13.1. The molecule has 8 heteroatoms. The standard InChI is InChI=1S/C22H26N4O3S/c1-4-25(5-2)16-9-7-15(8-10-16)20(27)24-21-18(13-23)17-11-12-26(14-19(17)30-21)22(28)29-6-3/h7-10H,4-6,11-12,14H2,1-3H3,(H,24,27). The molecule has 1 aromatic carbocycles. The summed E-state index contributed by atoms with van der Waals surface area (Å²) in [6, 6.07) is 9.69. The fraction of sp³-hybridized carbons (Fsp3) is 0.409. The summed E-state index contributed by atoms with van der Waals surface area (Å²) >= 11 is 1.35. The monoisotopic (exact) mass is 426 g/mol. The maximum atomic E-state index is 12.8. The van der Waals surface area contributed by atoms with Gasteiger partial charge in [-0.25, -0.2) is 4.79 Å². The van der Waals surface area contributed by atoms with Gasteiger partial charge < -0.3 is 19.9 Å². The van der Waals surface area contributed by atoms with Gasteiger partial charge in [-0.15, -0.1) is 11.3 Å². The van der Waals surface area contributed by atoms with Crippen molar-refractivity contribution in [3.8, 4) is 6.07 Å². The number of carbonyl (C=O) groups excluding carboxylic acids is 2. The molecule has 1 aliphatic heterocycles. The van der Waals surface area contributed by atoms with Crippen molar-refractivity contribution >= 4 is 34.0 Å². The largest absolute Gasteiger partial charge is 0.450 e. The van der Waals surface area contributed by atoms with Crippen molar-refractivity contribution in [2.75, 3.05) is 36.5 Å². The zero-order valence-electron chi connectivity index (χ0n) is 17.5. The first-order chi connectivity index (χ1) is 14.5. The van der Waals surface area contributed by atoms with Gasteiger partial charge in [-0.2, -0.15) is 5.26 Å². The van der Waals surface area contributed by atoms with Crippen LogP contribution in [-0.4, -0.2) is 43.1 Å². The molecular formula is C22H26N4O3S. The third-order valence-corrected chi connectivity index (χ3v) is 6.31. The van der Waals surface area contributed by atoms with Gasteiger partial charge in [-0.1, -0.05) is 0 Å². The maximum Gasteiger partial charge on any atom is 0.410 e. The molecule has 0 atom stereocenters. The molecule has 1 aliphatic rings. The van der Waals surface area contributed by atoms with Gasteiger partial charge in [0.05, 0.1) is 18.7 Å². The average Bonchev–Trinajstić information content (AvgIpc) is 3.11. The van der Waals surface area contributed by atoms with E-state index >= 15 is 0 Å². The Morgan fingerprint density at radius 3 is 2.53 bits per heavy atom. The minimum absolute atomic E-state index is 0.251. The first kappa shape index (κ1) is 21.7. The Morgan fingerprint density at radius 2 is 1.93 bits per heavy atom. The third kappa shape index (κ3) is 4.41. The summed E-state index contributed by atoms with van der Waals surface area (Å²) < 4.78 is 5.08. The number of hydrogen-bond donors (Lipinski definition) is 1. The van der Waals surface area contributed by atoms with Crippen LogP contribution in [0.2, 0.25) is 0 Å². The Balaban J connectivity index is 1.77. The van der Waals surface area contributed by atoms with Gasteiger partial charge in [0.25, 0.3) is 5.91 Å². The number of rotatable bonds is 6. The summed E-state index contributed by atoms with van der Waals surface area (Å²) in [6.45, 7) is 8.97. The van der Waals surface area contributed by atoms with E-state index in [1.54, 1.807) is 24.0 Å². The number of anilines is 2. The lowest BCUT2D eigenvalue weighted by Gasteiger charge is -2.25. The molecule has 2 amide bonds. The van der Waals surface area contributed by atoms with Crippen molar-refractivity contribution in [2.45, 2.75) is 33.7 Å². The van der Waals surface area contributed by atoms with Gasteiger partial charge in [0.15, 0.2) is 0 Å². The maximum absolute atomic E-state index is 12.8. The number of carbonyl (C=O) groups is 2. The highest BCUT2D eigenvalue weighted by Crippen LogP contribution is 2.37. The lowest BCUT2D eigenvalue weighted by molar-refractivity contribution is 0.102. The molecule has 2 heterocycles.